The van der Waals surface area contributed by atoms with Crippen molar-refractivity contribution in [2.75, 3.05) is 6.61 Å². The topological polar surface area (TPSA) is 86.5 Å². The van der Waals surface area contributed by atoms with Crippen molar-refractivity contribution in [1.82, 2.24) is 0 Å². The highest BCUT2D eigenvalue weighted by Gasteiger charge is 2.18. The molecule has 0 atom stereocenters. The van der Waals surface area contributed by atoms with Crippen molar-refractivity contribution < 1.29 is 19.2 Å². The predicted octanol–water partition coefficient (Wildman–Crippen LogP) is 2.12. The van der Waals surface area contributed by atoms with Gasteiger partial charge in [0.15, 0.2) is 0 Å². The van der Waals surface area contributed by atoms with Crippen molar-refractivity contribution in [2.45, 2.75) is 19.8 Å². The van der Waals surface area contributed by atoms with E-state index in [1.165, 1.54) is 24.3 Å². The Hall–Kier alpha value is -2.24. The molecule has 1 aromatic rings. The molecule has 18 heavy (non-hydrogen) atoms. The third-order valence-corrected chi connectivity index (χ3v) is 2.26. The molecule has 1 aromatic carbocycles. The highest BCUT2D eigenvalue weighted by molar-refractivity contribution is 6.40. The van der Waals surface area contributed by atoms with Gasteiger partial charge in [-0.2, -0.15) is 0 Å². The average molecular weight is 251 g/mol. The molecule has 0 spiro atoms. The third kappa shape index (κ3) is 3.65. The second-order valence-electron chi connectivity index (χ2n) is 3.62. The smallest absolute Gasteiger partial charge is 0.379 e. The van der Waals surface area contributed by atoms with Crippen molar-refractivity contribution >= 4 is 17.4 Å². The average Bonchev–Trinajstić information content (AvgIpc) is 2.38. The van der Waals surface area contributed by atoms with Crippen molar-refractivity contribution in [3.05, 3.63) is 39.9 Å². The van der Waals surface area contributed by atoms with Gasteiger partial charge >= 0.3 is 5.97 Å². The maximum absolute atomic E-state index is 11.6. The summed E-state index contributed by atoms with van der Waals surface area (Å²) in [6.45, 7) is 2.14. The number of unbranched alkanes of at least 4 members (excludes halogenated alkanes) is 1. The van der Waals surface area contributed by atoms with Gasteiger partial charge in [-0.05, 0) is 18.6 Å². The molecule has 0 unspecified atom stereocenters. The van der Waals surface area contributed by atoms with Crippen molar-refractivity contribution in [1.29, 1.82) is 0 Å². The lowest BCUT2D eigenvalue weighted by molar-refractivity contribution is -0.384. The highest BCUT2D eigenvalue weighted by atomic mass is 16.6. The number of hydrogen-bond acceptors (Lipinski definition) is 5. The first kappa shape index (κ1) is 13.8. The Bertz CT molecular complexity index is 452. The zero-order chi connectivity index (χ0) is 13.5. The van der Waals surface area contributed by atoms with E-state index in [2.05, 4.69) is 0 Å². The number of rotatable bonds is 6. The van der Waals surface area contributed by atoms with Gasteiger partial charge in [-0.1, -0.05) is 13.3 Å². The molecular weight excluding hydrogens is 238 g/mol. The van der Waals surface area contributed by atoms with E-state index in [0.29, 0.717) is 6.42 Å². The lowest BCUT2D eigenvalue weighted by Gasteiger charge is -2.02. The van der Waals surface area contributed by atoms with Gasteiger partial charge in [-0.25, -0.2) is 4.79 Å². The van der Waals surface area contributed by atoms with Crippen LogP contribution in [0.3, 0.4) is 0 Å². The van der Waals surface area contributed by atoms with Crippen LogP contribution in [0.5, 0.6) is 0 Å². The van der Waals surface area contributed by atoms with Crippen LogP contribution in [0.4, 0.5) is 5.69 Å². The van der Waals surface area contributed by atoms with Gasteiger partial charge in [-0.3, -0.25) is 14.9 Å². The number of carbonyl (C=O) groups excluding carboxylic acids is 2. The lowest BCUT2D eigenvalue weighted by atomic mass is 10.1. The van der Waals surface area contributed by atoms with Crippen LogP contribution in [0.25, 0.3) is 0 Å². The minimum Gasteiger partial charge on any atom is -0.460 e. The Kier molecular flexibility index (Phi) is 4.98. The summed E-state index contributed by atoms with van der Waals surface area (Å²) in [6.07, 6.45) is 1.55. The SMILES string of the molecule is CCCCOC(=O)C(=O)c1ccc([N+](=O)[O-])cc1. The van der Waals surface area contributed by atoms with Gasteiger partial charge in [0.25, 0.3) is 11.5 Å². The summed E-state index contributed by atoms with van der Waals surface area (Å²) in [6, 6.07) is 4.82. The van der Waals surface area contributed by atoms with E-state index in [1.54, 1.807) is 0 Å². The fraction of sp³-hybridized carbons (Fsp3) is 0.333. The molecule has 0 saturated heterocycles. The Morgan fingerprint density at radius 2 is 1.89 bits per heavy atom. The molecule has 0 fully saturated rings. The number of ether oxygens (including phenoxy) is 1. The number of ketones is 1. The van der Waals surface area contributed by atoms with Crippen LogP contribution in [0.15, 0.2) is 24.3 Å². The fourth-order valence-corrected chi connectivity index (χ4v) is 1.23. The van der Waals surface area contributed by atoms with E-state index in [0.717, 1.165) is 6.42 Å². The number of benzene rings is 1. The maximum Gasteiger partial charge on any atom is 0.379 e. The quantitative estimate of drug-likeness (QED) is 0.193. The molecule has 0 aliphatic rings. The number of hydrogen-bond donors (Lipinski definition) is 0. The summed E-state index contributed by atoms with van der Waals surface area (Å²) in [4.78, 5) is 32.8. The summed E-state index contributed by atoms with van der Waals surface area (Å²) < 4.78 is 4.75. The highest BCUT2D eigenvalue weighted by Crippen LogP contribution is 2.12. The molecule has 0 N–H and O–H groups in total. The molecule has 6 heteroatoms. The molecule has 0 aliphatic carbocycles. The minimum atomic E-state index is -0.933. The molecule has 1 rings (SSSR count). The number of carbonyl (C=O) groups is 2. The summed E-state index contributed by atoms with van der Waals surface area (Å²) in [5.74, 6) is -1.72. The molecule has 0 saturated carbocycles. The second kappa shape index (κ2) is 6.48. The van der Waals surface area contributed by atoms with E-state index in [9.17, 15) is 19.7 Å². The number of nitrogens with zero attached hydrogens (tertiary/aromatic N) is 1. The van der Waals surface area contributed by atoms with Crippen molar-refractivity contribution in [3.8, 4) is 0 Å². The number of nitro groups is 1. The van der Waals surface area contributed by atoms with Crippen LogP contribution in [0.2, 0.25) is 0 Å². The van der Waals surface area contributed by atoms with Gasteiger partial charge in [0.05, 0.1) is 11.5 Å². The van der Waals surface area contributed by atoms with Gasteiger partial charge in [0, 0.05) is 17.7 Å². The molecule has 96 valence electrons. The van der Waals surface area contributed by atoms with Crippen LogP contribution in [0.1, 0.15) is 30.1 Å². The predicted molar refractivity (Wildman–Crippen MR) is 63.3 cm³/mol. The molecule has 0 aromatic heterocycles. The minimum absolute atomic E-state index is 0.0853. The number of nitro benzene ring substituents is 1. The molecule has 0 amide bonds. The van der Waals surface area contributed by atoms with Crippen LogP contribution in [-0.4, -0.2) is 23.3 Å². The molecule has 0 aliphatic heterocycles. The Morgan fingerprint density at radius 3 is 2.39 bits per heavy atom. The van der Waals surface area contributed by atoms with Crippen LogP contribution in [0, 0.1) is 10.1 Å². The third-order valence-electron chi connectivity index (χ3n) is 2.26. The first-order valence-electron chi connectivity index (χ1n) is 5.52. The number of esters is 1. The largest absolute Gasteiger partial charge is 0.460 e. The number of Topliss-reactive ketones (excluding diaryl/α,β-unsaturated/α-hetero) is 1. The van der Waals surface area contributed by atoms with E-state index in [4.69, 9.17) is 4.74 Å². The standard InChI is InChI=1S/C12H13NO5/c1-2-3-8-18-12(15)11(14)9-4-6-10(7-5-9)13(16)17/h4-7H,2-3,8H2,1H3. The summed E-state index contributed by atoms with van der Waals surface area (Å²) in [7, 11) is 0. The van der Waals surface area contributed by atoms with Crippen LogP contribution >= 0.6 is 0 Å². The summed E-state index contributed by atoms with van der Waals surface area (Å²) >= 11 is 0. The molecule has 6 nitrogen and oxygen atoms in total. The van der Waals surface area contributed by atoms with Gasteiger partial charge in [0.2, 0.25) is 0 Å². The van der Waals surface area contributed by atoms with Gasteiger partial charge in [0.1, 0.15) is 0 Å². The second-order valence-corrected chi connectivity index (χ2v) is 3.62. The van der Waals surface area contributed by atoms with Crippen molar-refractivity contribution in [3.63, 3.8) is 0 Å². The van der Waals surface area contributed by atoms with E-state index < -0.39 is 16.7 Å². The Labute approximate surface area is 104 Å². The normalized spacial score (nSPS) is 9.83. The van der Waals surface area contributed by atoms with Crippen molar-refractivity contribution in [2.24, 2.45) is 0 Å². The molecule has 0 bridgehead atoms. The van der Waals surface area contributed by atoms with E-state index >= 15 is 0 Å². The summed E-state index contributed by atoms with van der Waals surface area (Å²) in [5, 5.41) is 10.4. The Balaban J connectivity index is 2.66. The zero-order valence-corrected chi connectivity index (χ0v) is 9.92. The van der Waals surface area contributed by atoms with E-state index in [-0.39, 0.29) is 17.9 Å². The first-order chi connectivity index (χ1) is 8.56. The summed E-state index contributed by atoms with van der Waals surface area (Å²) in [5.41, 5.74) is -0.0481. The first-order valence-corrected chi connectivity index (χ1v) is 5.52. The molecular formula is C12H13NO5. The number of non-ortho nitro benzene ring substituents is 1. The zero-order valence-electron chi connectivity index (χ0n) is 9.92. The van der Waals surface area contributed by atoms with E-state index in [1.807, 2.05) is 6.92 Å². The van der Waals surface area contributed by atoms with Gasteiger partial charge < -0.3 is 4.74 Å². The van der Waals surface area contributed by atoms with Crippen LogP contribution in [-0.2, 0) is 9.53 Å². The monoisotopic (exact) mass is 251 g/mol. The molecule has 0 heterocycles. The van der Waals surface area contributed by atoms with Crippen LogP contribution < -0.4 is 0 Å². The lowest BCUT2D eigenvalue weighted by Crippen LogP contribution is -2.18. The fourth-order valence-electron chi connectivity index (χ4n) is 1.23. The Morgan fingerprint density at radius 1 is 1.28 bits per heavy atom. The maximum atomic E-state index is 11.6. The molecule has 0 radical (unpaired) electrons. The van der Waals surface area contributed by atoms with Gasteiger partial charge in [-0.15, -0.1) is 0 Å².